The number of fused-ring (bicyclic) bond motifs is 1. The molecule has 0 saturated heterocycles. The minimum absolute atomic E-state index is 0.0521. The summed E-state index contributed by atoms with van der Waals surface area (Å²) in [6.07, 6.45) is -1.44. The predicted octanol–water partition coefficient (Wildman–Crippen LogP) is -7.29. The van der Waals surface area contributed by atoms with E-state index in [9.17, 15) is 92.7 Å². The van der Waals surface area contributed by atoms with Crippen molar-refractivity contribution < 1.29 is 92.7 Å². The van der Waals surface area contributed by atoms with Gasteiger partial charge in [0.15, 0.2) is 0 Å². The van der Waals surface area contributed by atoms with Crippen LogP contribution in [0.25, 0.3) is 10.9 Å². The molecule has 0 saturated carbocycles. The third-order valence-electron chi connectivity index (χ3n) is 12.2. The highest BCUT2D eigenvalue weighted by Crippen LogP contribution is 2.20. The molecule has 83 heavy (non-hydrogen) atoms. The fraction of sp³-hybridized carbons (Fsp3) is 0.551. The lowest BCUT2D eigenvalue weighted by Crippen LogP contribution is -2.61. The molecule has 2 aromatic rings. The molecule has 11 amide bonds. The molecule has 33 nitrogen and oxygen atoms in total. The number of nitrogens with one attached hydrogen (secondary N) is 10. The number of carbonyl (C=O) groups excluding carboxylic acids is 11. The van der Waals surface area contributed by atoms with Crippen LogP contribution >= 0.6 is 11.8 Å². The van der Waals surface area contributed by atoms with E-state index in [4.69, 9.17) is 22.9 Å². The minimum Gasteiger partial charge on any atom is -0.481 e. The third-order valence-corrected chi connectivity index (χ3v) is 12.9. The summed E-state index contributed by atoms with van der Waals surface area (Å²) in [6.45, 7) is 1.22. The monoisotopic (exact) mass is 1190 g/mol. The number of aliphatic hydroxyl groups excluding tert-OH is 2. The van der Waals surface area contributed by atoms with Crippen molar-refractivity contribution in [3.8, 4) is 0 Å². The SMILES string of the molecule is CSCC[C@H](NC(=O)[C@@H](N)CO)C(=O)N[C@H](C(=O)N[C@@H](CC(=O)O)C(=O)N[C@@H](CCCCN)C(=O)N[C@@H](CC(=O)O)C(=O)N[C@@H](Cc1c[nH]c2ccccc12)C(=O)N[C@@H](CC(N)=O)C(=O)N[C@@H](CC(N)=O)C(=O)N[C@@H](CO)C(=O)O)C(C)C. The van der Waals surface area contributed by atoms with Gasteiger partial charge in [0.05, 0.1) is 38.9 Å². The van der Waals surface area contributed by atoms with Gasteiger partial charge in [-0.2, -0.15) is 11.8 Å². The van der Waals surface area contributed by atoms with E-state index in [-0.39, 0.29) is 32.2 Å². The normalized spacial score (nSPS) is 14.7. The lowest BCUT2D eigenvalue weighted by atomic mass is 10.0. The van der Waals surface area contributed by atoms with Crippen LogP contribution in [0.15, 0.2) is 30.5 Å². The molecule has 2 rings (SSSR count). The highest BCUT2D eigenvalue weighted by atomic mass is 32.2. The summed E-state index contributed by atoms with van der Waals surface area (Å²) in [6, 6.07) is -11.0. The van der Waals surface area contributed by atoms with Gasteiger partial charge in [-0.15, -0.1) is 0 Å². The Hall–Kier alpha value is -8.47. The maximum absolute atomic E-state index is 14.3. The summed E-state index contributed by atoms with van der Waals surface area (Å²) in [5, 5.41) is 68.5. The molecule has 0 aliphatic heterocycles. The Morgan fingerprint density at radius 3 is 1.41 bits per heavy atom. The Kier molecular flexibility index (Phi) is 30.1. The number of benzene rings is 1. The Balaban J connectivity index is 2.56. The fourth-order valence-electron chi connectivity index (χ4n) is 7.82. The number of primary amides is 2. The summed E-state index contributed by atoms with van der Waals surface area (Å²) in [4.78, 5) is 186. The summed E-state index contributed by atoms with van der Waals surface area (Å²) in [7, 11) is 0. The molecule has 1 aromatic heterocycles. The first-order chi connectivity index (χ1) is 39.1. The van der Waals surface area contributed by atoms with Crippen LogP contribution in [0.3, 0.4) is 0 Å². The summed E-state index contributed by atoms with van der Waals surface area (Å²) >= 11 is 1.33. The van der Waals surface area contributed by atoms with Gasteiger partial charge in [-0.25, -0.2) is 4.79 Å². The second-order valence-corrected chi connectivity index (χ2v) is 20.2. The van der Waals surface area contributed by atoms with Crippen molar-refractivity contribution in [2.24, 2.45) is 28.9 Å². The standard InChI is InChI=1S/C49H74N14O19S/c1-22(2)39(63-42(74)28(11-13-83-3)55-40(72)25(51)20-64)48(80)61-33(18-38(70)71)46(78)56-27(10-6-7-12-50)41(73)60-32(17-37(68)69)47(79)57-29(14-23-19-54-26-9-5-4-8-24(23)26)43(75)58-30(15-35(52)66)44(76)59-31(16-36(53)67)45(77)62-34(21-65)49(81)82/h4-5,8-9,19,22,25,27-34,39,54,64-65H,6-7,10-18,20-21,50-51H2,1-3H3,(H2,52,66)(H2,53,67)(H,55,72)(H,56,78)(H,57,79)(H,58,75)(H,59,76)(H,60,73)(H,61,80)(H,62,77)(H,63,74)(H,68,69)(H,70,71)(H,81,82)/t25-,27-,28-,29-,30-,31-,32-,33-,34-,39-/m0/s1. The van der Waals surface area contributed by atoms with Crippen LogP contribution in [0, 0.1) is 5.92 Å². The maximum Gasteiger partial charge on any atom is 0.328 e. The van der Waals surface area contributed by atoms with E-state index in [0.29, 0.717) is 22.2 Å². The molecule has 10 atom stereocenters. The van der Waals surface area contributed by atoms with Crippen LogP contribution in [0.2, 0.25) is 0 Å². The number of nitrogens with two attached hydrogens (primary N) is 4. The summed E-state index contributed by atoms with van der Waals surface area (Å²) < 4.78 is 0. The van der Waals surface area contributed by atoms with Gasteiger partial charge in [0.2, 0.25) is 65.0 Å². The first-order valence-corrected chi connectivity index (χ1v) is 27.1. The molecule has 0 aliphatic carbocycles. The maximum atomic E-state index is 14.3. The number of aliphatic hydroxyl groups is 2. The molecule has 0 spiro atoms. The molecule has 34 heteroatoms. The molecule has 0 fully saturated rings. The number of aromatic amines is 1. The van der Waals surface area contributed by atoms with E-state index < -0.39 is 195 Å². The molecule has 0 aliphatic rings. The Morgan fingerprint density at radius 2 is 0.952 bits per heavy atom. The number of hydrogen-bond donors (Lipinski definition) is 19. The number of aliphatic carboxylic acids is 3. The van der Waals surface area contributed by atoms with Crippen molar-refractivity contribution in [3.05, 3.63) is 36.0 Å². The topological polar surface area (TPSA) is 568 Å². The highest BCUT2D eigenvalue weighted by Gasteiger charge is 2.38. The Bertz CT molecular complexity index is 2660. The molecule has 0 radical (unpaired) electrons. The number of hydrogen-bond acceptors (Lipinski definition) is 19. The molecule has 0 unspecified atom stereocenters. The van der Waals surface area contributed by atoms with Gasteiger partial charge in [0.25, 0.3) is 0 Å². The predicted molar refractivity (Wildman–Crippen MR) is 292 cm³/mol. The molecule has 1 aromatic carbocycles. The first kappa shape index (κ1) is 70.6. The van der Waals surface area contributed by atoms with E-state index >= 15 is 0 Å². The van der Waals surface area contributed by atoms with Crippen molar-refractivity contribution in [3.63, 3.8) is 0 Å². The van der Waals surface area contributed by atoms with Gasteiger partial charge >= 0.3 is 17.9 Å². The molecule has 1 heterocycles. The number of aromatic nitrogens is 1. The Morgan fingerprint density at radius 1 is 0.530 bits per heavy atom. The third kappa shape index (κ3) is 24.3. The number of unbranched alkanes of at least 4 members (excludes halogenated alkanes) is 1. The van der Waals surface area contributed by atoms with E-state index in [1.807, 2.05) is 5.32 Å². The van der Waals surface area contributed by atoms with E-state index in [1.54, 1.807) is 30.5 Å². The summed E-state index contributed by atoms with van der Waals surface area (Å²) in [5.74, 6) is -18.5. The molecular formula is C49H74N14O19S. The number of rotatable bonds is 39. The van der Waals surface area contributed by atoms with E-state index in [2.05, 4.69) is 47.5 Å². The average molecular weight is 1200 g/mol. The van der Waals surface area contributed by atoms with Crippen LogP contribution in [0.1, 0.15) is 70.8 Å². The van der Waals surface area contributed by atoms with Crippen molar-refractivity contribution >= 4 is 106 Å². The van der Waals surface area contributed by atoms with Crippen molar-refractivity contribution in [1.82, 2.24) is 52.8 Å². The van der Waals surface area contributed by atoms with Crippen molar-refractivity contribution in [2.75, 3.05) is 31.8 Å². The fourth-order valence-corrected chi connectivity index (χ4v) is 8.29. The minimum atomic E-state index is -2.09. The first-order valence-electron chi connectivity index (χ1n) is 25.7. The number of amides is 11. The zero-order valence-electron chi connectivity index (χ0n) is 45.6. The lowest BCUT2D eigenvalue weighted by molar-refractivity contribution is -0.144. The number of carboxylic acids is 3. The Labute approximate surface area is 478 Å². The molecule has 0 bridgehead atoms. The number of para-hydroxylation sites is 1. The van der Waals surface area contributed by atoms with Gasteiger partial charge in [-0.05, 0) is 61.8 Å². The van der Waals surface area contributed by atoms with Gasteiger partial charge in [-0.3, -0.25) is 62.3 Å². The van der Waals surface area contributed by atoms with Gasteiger partial charge < -0.3 is 101 Å². The number of H-pyrrole nitrogens is 1. The van der Waals surface area contributed by atoms with Crippen LogP contribution in [0.5, 0.6) is 0 Å². The van der Waals surface area contributed by atoms with Crippen molar-refractivity contribution in [2.45, 2.75) is 132 Å². The summed E-state index contributed by atoms with van der Waals surface area (Å²) in [5.41, 5.74) is 22.8. The molecule has 23 N–H and O–H groups in total. The average Bonchev–Trinajstić information content (AvgIpc) is 3.96. The van der Waals surface area contributed by atoms with Crippen LogP contribution in [0.4, 0.5) is 0 Å². The second-order valence-electron chi connectivity index (χ2n) is 19.2. The quantitative estimate of drug-likeness (QED) is 0.0277. The van der Waals surface area contributed by atoms with Crippen LogP contribution < -0.4 is 70.8 Å². The highest BCUT2D eigenvalue weighted by molar-refractivity contribution is 7.98. The number of carboxylic acid groups (broad SMARTS) is 3. The van der Waals surface area contributed by atoms with E-state index in [0.717, 1.165) is 0 Å². The van der Waals surface area contributed by atoms with Crippen LogP contribution in [-0.2, 0) is 73.5 Å². The largest absolute Gasteiger partial charge is 0.481 e. The lowest BCUT2D eigenvalue weighted by Gasteiger charge is -2.28. The smallest absolute Gasteiger partial charge is 0.328 e. The zero-order valence-corrected chi connectivity index (χ0v) is 46.4. The molecule has 460 valence electrons. The van der Waals surface area contributed by atoms with Gasteiger partial charge in [0.1, 0.15) is 60.4 Å². The number of thioether (sulfide) groups is 1. The second kappa shape index (κ2) is 35.4. The molecular weight excluding hydrogens is 1120 g/mol. The zero-order chi connectivity index (χ0) is 62.7. The van der Waals surface area contributed by atoms with Gasteiger partial charge in [0, 0.05) is 23.5 Å². The van der Waals surface area contributed by atoms with E-state index in [1.165, 1.54) is 31.8 Å². The van der Waals surface area contributed by atoms with Crippen LogP contribution in [-0.4, -0.2) is 206 Å². The number of carbonyl (C=O) groups is 14. The van der Waals surface area contributed by atoms with Crippen molar-refractivity contribution in [1.29, 1.82) is 0 Å². The van der Waals surface area contributed by atoms with Gasteiger partial charge in [-0.1, -0.05) is 32.0 Å².